The molecule has 0 saturated carbocycles. The van der Waals surface area contributed by atoms with E-state index in [-0.39, 0.29) is 11.9 Å². The highest BCUT2D eigenvalue weighted by atomic mass is 79.9. The normalized spacial score (nSPS) is 12.2. The average Bonchev–Trinajstić information content (AvgIpc) is 2.37. The van der Waals surface area contributed by atoms with Crippen LogP contribution in [0.3, 0.4) is 0 Å². The molecular weight excluding hydrogens is 305 g/mol. The SMILES string of the molecule is Cc1ccc(F)cc1NC(C)Cc1ccc(Br)cc1. The fourth-order valence-electron chi connectivity index (χ4n) is 2.04. The molecular formula is C16H17BrFN. The predicted molar refractivity (Wildman–Crippen MR) is 82.1 cm³/mol. The van der Waals surface area contributed by atoms with Crippen LogP contribution in [0.5, 0.6) is 0 Å². The maximum atomic E-state index is 13.2. The highest BCUT2D eigenvalue weighted by Gasteiger charge is 2.06. The Morgan fingerprint density at radius 2 is 1.84 bits per heavy atom. The Hall–Kier alpha value is -1.35. The molecule has 1 atom stereocenters. The van der Waals surface area contributed by atoms with Gasteiger partial charge in [-0.1, -0.05) is 34.1 Å². The fraction of sp³-hybridized carbons (Fsp3) is 0.250. The van der Waals surface area contributed by atoms with E-state index in [1.54, 1.807) is 12.1 Å². The van der Waals surface area contributed by atoms with Gasteiger partial charge >= 0.3 is 0 Å². The maximum Gasteiger partial charge on any atom is 0.125 e. The molecule has 1 unspecified atom stereocenters. The van der Waals surface area contributed by atoms with Gasteiger partial charge in [-0.2, -0.15) is 0 Å². The molecule has 0 aromatic heterocycles. The van der Waals surface area contributed by atoms with Gasteiger partial charge in [-0.05, 0) is 55.7 Å². The Morgan fingerprint density at radius 1 is 1.16 bits per heavy atom. The van der Waals surface area contributed by atoms with Crippen molar-refractivity contribution in [3.05, 3.63) is 63.9 Å². The van der Waals surface area contributed by atoms with Crippen LogP contribution in [-0.2, 0) is 6.42 Å². The monoisotopic (exact) mass is 321 g/mol. The number of rotatable bonds is 4. The van der Waals surface area contributed by atoms with Gasteiger partial charge in [-0.15, -0.1) is 0 Å². The van der Waals surface area contributed by atoms with E-state index in [1.807, 2.05) is 19.1 Å². The van der Waals surface area contributed by atoms with Crippen LogP contribution in [0.1, 0.15) is 18.1 Å². The van der Waals surface area contributed by atoms with Gasteiger partial charge in [0.05, 0.1) is 0 Å². The van der Waals surface area contributed by atoms with E-state index in [9.17, 15) is 4.39 Å². The third kappa shape index (κ3) is 4.06. The van der Waals surface area contributed by atoms with Gasteiger partial charge < -0.3 is 5.32 Å². The van der Waals surface area contributed by atoms with E-state index in [2.05, 4.69) is 40.3 Å². The van der Waals surface area contributed by atoms with Crippen LogP contribution in [-0.4, -0.2) is 6.04 Å². The maximum absolute atomic E-state index is 13.2. The summed E-state index contributed by atoms with van der Waals surface area (Å²) < 4.78 is 14.3. The molecule has 0 amide bonds. The van der Waals surface area contributed by atoms with Gasteiger partial charge in [-0.25, -0.2) is 4.39 Å². The smallest absolute Gasteiger partial charge is 0.125 e. The molecule has 0 radical (unpaired) electrons. The average molecular weight is 322 g/mol. The van der Waals surface area contributed by atoms with Crippen molar-refractivity contribution in [2.45, 2.75) is 26.3 Å². The minimum atomic E-state index is -0.205. The Morgan fingerprint density at radius 3 is 2.53 bits per heavy atom. The summed E-state index contributed by atoms with van der Waals surface area (Å²) in [6.07, 6.45) is 0.906. The largest absolute Gasteiger partial charge is 0.382 e. The minimum absolute atomic E-state index is 0.205. The zero-order chi connectivity index (χ0) is 13.8. The second-order valence-electron chi connectivity index (χ2n) is 4.84. The lowest BCUT2D eigenvalue weighted by atomic mass is 10.1. The molecule has 0 heterocycles. The van der Waals surface area contributed by atoms with Gasteiger partial charge in [0, 0.05) is 16.2 Å². The number of anilines is 1. The number of halogens is 2. The van der Waals surface area contributed by atoms with Crippen LogP contribution in [0.15, 0.2) is 46.9 Å². The standard InChI is InChI=1S/C16H17BrFN/c1-11-3-8-15(18)10-16(11)19-12(2)9-13-4-6-14(17)7-5-13/h3-8,10,12,19H,9H2,1-2H3. The van der Waals surface area contributed by atoms with E-state index in [0.29, 0.717) is 0 Å². The van der Waals surface area contributed by atoms with Gasteiger partial charge in [0.25, 0.3) is 0 Å². The van der Waals surface area contributed by atoms with Crippen molar-refractivity contribution in [2.24, 2.45) is 0 Å². The molecule has 100 valence electrons. The summed E-state index contributed by atoms with van der Waals surface area (Å²) in [4.78, 5) is 0. The van der Waals surface area contributed by atoms with E-state index in [4.69, 9.17) is 0 Å². The number of hydrogen-bond acceptors (Lipinski definition) is 1. The quantitative estimate of drug-likeness (QED) is 0.841. The minimum Gasteiger partial charge on any atom is -0.382 e. The third-order valence-electron chi connectivity index (χ3n) is 3.06. The number of aryl methyl sites for hydroxylation is 1. The van der Waals surface area contributed by atoms with Gasteiger partial charge in [0.15, 0.2) is 0 Å². The molecule has 0 saturated heterocycles. The van der Waals surface area contributed by atoms with Crippen LogP contribution < -0.4 is 5.32 Å². The van der Waals surface area contributed by atoms with Crippen molar-refractivity contribution in [3.8, 4) is 0 Å². The van der Waals surface area contributed by atoms with Crippen molar-refractivity contribution >= 4 is 21.6 Å². The lowest BCUT2D eigenvalue weighted by Crippen LogP contribution is -2.18. The zero-order valence-corrected chi connectivity index (χ0v) is 12.7. The summed E-state index contributed by atoms with van der Waals surface area (Å²) in [5.74, 6) is -0.205. The summed E-state index contributed by atoms with van der Waals surface area (Å²) in [5.41, 5.74) is 3.19. The zero-order valence-electron chi connectivity index (χ0n) is 11.1. The highest BCUT2D eigenvalue weighted by molar-refractivity contribution is 9.10. The Kier molecular flexibility index (Phi) is 4.59. The van der Waals surface area contributed by atoms with Crippen LogP contribution in [0.2, 0.25) is 0 Å². The molecule has 0 aliphatic heterocycles. The van der Waals surface area contributed by atoms with Crippen LogP contribution in [0, 0.1) is 12.7 Å². The van der Waals surface area contributed by atoms with E-state index >= 15 is 0 Å². The molecule has 2 aromatic carbocycles. The highest BCUT2D eigenvalue weighted by Crippen LogP contribution is 2.18. The first-order chi connectivity index (χ1) is 9.04. The van der Waals surface area contributed by atoms with Crippen molar-refractivity contribution in [1.29, 1.82) is 0 Å². The molecule has 0 spiro atoms. The lowest BCUT2D eigenvalue weighted by Gasteiger charge is -2.17. The fourth-order valence-corrected chi connectivity index (χ4v) is 2.30. The molecule has 2 aromatic rings. The van der Waals surface area contributed by atoms with Crippen LogP contribution in [0.25, 0.3) is 0 Å². The molecule has 0 bridgehead atoms. The van der Waals surface area contributed by atoms with Crippen molar-refractivity contribution in [2.75, 3.05) is 5.32 Å². The predicted octanol–water partition coefficient (Wildman–Crippen LogP) is 4.94. The molecule has 19 heavy (non-hydrogen) atoms. The Balaban J connectivity index is 2.02. The molecule has 1 nitrogen and oxygen atoms in total. The van der Waals surface area contributed by atoms with E-state index in [0.717, 1.165) is 22.1 Å². The molecule has 0 aliphatic rings. The first kappa shape index (κ1) is 14.1. The second kappa shape index (κ2) is 6.20. The van der Waals surface area contributed by atoms with E-state index in [1.165, 1.54) is 11.6 Å². The number of nitrogens with one attached hydrogen (secondary N) is 1. The Labute approximate surface area is 122 Å². The van der Waals surface area contributed by atoms with Gasteiger partial charge in [-0.3, -0.25) is 0 Å². The third-order valence-corrected chi connectivity index (χ3v) is 3.59. The van der Waals surface area contributed by atoms with Gasteiger partial charge in [0.2, 0.25) is 0 Å². The number of hydrogen-bond donors (Lipinski definition) is 1. The summed E-state index contributed by atoms with van der Waals surface area (Å²) >= 11 is 3.43. The molecule has 2 rings (SSSR count). The van der Waals surface area contributed by atoms with Crippen molar-refractivity contribution < 1.29 is 4.39 Å². The van der Waals surface area contributed by atoms with Crippen molar-refractivity contribution in [3.63, 3.8) is 0 Å². The topological polar surface area (TPSA) is 12.0 Å². The van der Waals surface area contributed by atoms with Crippen LogP contribution in [0.4, 0.5) is 10.1 Å². The summed E-state index contributed by atoms with van der Waals surface area (Å²) in [6.45, 7) is 4.08. The summed E-state index contributed by atoms with van der Waals surface area (Å²) in [6, 6.07) is 13.4. The molecule has 0 fully saturated rings. The molecule has 1 N–H and O–H groups in total. The second-order valence-corrected chi connectivity index (χ2v) is 5.75. The Bertz CT molecular complexity index is 551. The molecule has 3 heteroatoms. The number of benzene rings is 2. The summed E-state index contributed by atoms with van der Waals surface area (Å²) in [7, 11) is 0. The summed E-state index contributed by atoms with van der Waals surface area (Å²) in [5, 5.41) is 3.36. The first-order valence-electron chi connectivity index (χ1n) is 6.32. The van der Waals surface area contributed by atoms with Gasteiger partial charge in [0.1, 0.15) is 5.82 Å². The lowest BCUT2D eigenvalue weighted by molar-refractivity contribution is 0.627. The van der Waals surface area contributed by atoms with E-state index < -0.39 is 0 Å². The van der Waals surface area contributed by atoms with Crippen molar-refractivity contribution in [1.82, 2.24) is 0 Å². The molecule has 0 aliphatic carbocycles. The first-order valence-corrected chi connectivity index (χ1v) is 7.11. The van der Waals surface area contributed by atoms with Crippen LogP contribution >= 0.6 is 15.9 Å².